The van der Waals surface area contributed by atoms with Crippen LogP contribution in [0.2, 0.25) is 0 Å². The lowest BCUT2D eigenvalue weighted by molar-refractivity contribution is 0.474. The van der Waals surface area contributed by atoms with Crippen molar-refractivity contribution in [3.8, 4) is 5.75 Å². The van der Waals surface area contributed by atoms with Crippen molar-refractivity contribution in [3.05, 3.63) is 52.6 Å². The van der Waals surface area contributed by atoms with E-state index in [4.69, 9.17) is 0 Å². The molecule has 0 fully saturated rings. The lowest BCUT2D eigenvalue weighted by Gasteiger charge is -2.22. The van der Waals surface area contributed by atoms with Crippen LogP contribution >= 0.6 is 8.58 Å². The van der Waals surface area contributed by atoms with Crippen LogP contribution in [0, 0.1) is 13.8 Å². The first-order valence-electron chi connectivity index (χ1n) is 9.14. The van der Waals surface area contributed by atoms with Gasteiger partial charge in [0.1, 0.15) is 5.75 Å². The molecule has 0 aliphatic heterocycles. The molecule has 0 aliphatic carbocycles. The second-order valence-electron chi connectivity index (χ2n) is 9.08. The monoisotopic (exact) mass is 369 g/mol. The van der Waals surface area contributed by atoms with Crippen molar-refractivity contribution in [2.24, 2.45) is 4.99 Å². The number of aryl methyl sites for hydroxylation is 2. The van der Waals surface area contributed by atoms with Crippen LogP contribution in [-0.2, 0) is 5.41 Å². The number of nitrogens with zero attached hydrogens (tertiary/aromatic N) is 1. The second-order valence-corrected chi connectivity index (χ2v) is 10.4. The Kier molecular flexibility index (Phi) is 5.98. The fourth-order valence-corrected chi connectivity index (χ4v) is 3.90. The summed E-state index contributed by atoms with van der Waals surface area (Å²) in [7, 11) is 0.395. The van der Waals surface area contributed by atoms with Crippen LogP contribution in [0.15, 0.2) is 35.3 Å². The molecule has 1 N–H and O–H groups in total. The third-order valence-electron chi connectivity index (χ3n) is 4.23. The fraction of sp³-hybridized carbons (Fsp3) is 0.435. The topological polar surface area (TPSA) is 32.6 Å². The molecule has 0 aliphatic rings. The van der Waals surface area contributed by atoms with Crippen molar-refractivity contribution in [1.82, 2.24) is 0 Å². The van der Waals surface area contributed by atoms with Crippen molar-refractivity contribution in [2.75, 3.05) is 0 Å². The van der Waals surface area contributed by atoms with Gasteiger partial charge in [0.25, 0.3) is 0 Å². The highest BCUT2D eigenvalue weighted by Gasteiger charge is 2.18. The number of benzene rings is 2. The van der Waals surface area contributed by atoms with Gasteiger partial charge in [-0.15, -0.1) is 0 Å². The highest BCUT2D eigenvalue weighted by molar-refractivity contribution is 7.56. The molecule has 1 unspecified atom stereocenters. The van der Waals surface area contributed by atoms with Gasteiger partial charge < -0.3 is 5.11 Å². The smallest absolute Gasteiger partial charge is 0.126 e. The molecule has 2 aromatic carbocycles. The Hall–Kier alpha value is -1.66. The SMILES string of the molecule is Cc1ccc(Pc2cc(C(C)(C)C)cc(C)c2O)c(C=NC(C)(C)C)c1. The molecule has 2 nitrogen and oxygen atoms in total. The van der Waals surface area contributed by atoms with E-state index in [0.717, 1.165) is 16.4 Å². The fourth-order valence-electron chi connectivity index (χ4n) is 2.62. The van der Waals surface area contributed by atoms with Gasteiger partial charge in [0, 0.05) is 17.1 Å². The highest BCUT2D eigenvalue weighted by Crippen LogP contribution is 2.30. The molecule has 2 rings (SSSR count). The van der Waals surface area contributed by atoms with Crippen molar-refractivity contribution in [2.45, 2.75) is 66.3 Å². The van der Waals surface area contributed by atoms with Crippen LogP contribution in [0.3, 0.4) is 0 Å². The zero-order chi connectivity index (χ0) is 19.7. The largest absolute Gasteiger partial charge is 0.507 e. The van der Waals surface area contributed by atoms with Gasteiger partial charge in [-0.25, -0.2) is 0 Å². The Morgan fingerprint density at radius 1 is 0.923 bits per heavy atom. The summed E-state index contributed by atoms with van der Waals surface area (Å²) in [5, 5.41) is 12.8. The van der Waals surface area contributed by atoms with E-state index in [9.17, 15) is 5.11 Å². The molecule has 1 atom stereocenters. The van der Waals surface area contributed by atoms with Gasteiger partial charge in [0.15, 0.2) is 0 Å². The van der Waals surface area contributed by atoms with Crippen LogP contribution in [-0.4, -0.2) is 16.9 Å². The molecule has 140 valence electrons. The number of aliphatic imine (C=N–C) groups is 1. The first-order valence-corrected chi connectivity index (χ1v) is 10.1. The van der Waals surface area contributed by atoms with E-state index in [-0.39, 0.29) is 11.0 Å². The first kappa shape index (κ1) is 20.6. The summed E-state index contributed by atoms with van der Waals surface area (Å²) in [5.74, 6) is 0.413. The molecule has 2 aromatic rings. The summed E-state index contributed by atoms with van der Waals surface area (Å²) in [5.41, 5.74) is 4.51. The predicted octanol–water partition coefficient (Wildman–Crippen LogP) is 5.15. The van der Waals surface area contributed by atoms with Crippen molar-refractivity contribution < 1.29 is 5.11 Å². The Morgan fingerprint density at radius 3 is 2.15 bits per heavy atom. The maximum Gasteiger partial charge on any atom is 0.126 e. The molecule has 0 aromatic heterocycles. The summed E-state index contributed by atoms with van der Waals surface area (Å²) >= 11 is 0. The Bertz CT molecular complexity index is 823. The molecule has 3 heteroatoms. The van der Waals surface area contributed by atoms with E-state index in [1.807, 2.05) is 13.1 Å². The molecule has 0 spiro atoms. The molecule has 0 saturated heterocycles. The molecule has 26 heavy (non-hydrogen) atoms. The maximum atomic E-state index is 10.6. The average Bonchev–Trinajstić information content (AvgIpc) is 2.49. The van der Waals surface area contributed by atoms with E-state index in [2.05, 4.69) is 83.8 Å². The van der Waals surface area contributed by atoms with Crippen LogP contribution in [0.25, 0.3) is 0 Å². The minimum Gasteiger partial charge on any atom is -0.507 e. The van der Waals surface area contributed by atoms with Gasteiger partial charge in [-0.1, -0.05) is 53.1 Å². The number of hydrogen-bond acceptors (Lipinski definition) is 2. The highest BCUT2D eigenvalue weighted by atomic mass is 31.1. The van der Waals surface area contributed by atoms with Crippen LogP contribution in [0.1, 0.15) is 63.8 Å². The number of aromatic hydroxyl groups is 1. The lowest BCUT2D eigenvalue weighted by atomic mass is 9.86. The lowest BCUT2D eigenvalue weighted by Crippen LogP contribution is -2.17. The average molecular weight is 369 g/mol. The molecule has 0 saturated carbocycles. The minimum absolute atomic E-state index is 0.0570. The van der Waals surface area contributed by atoms with Crippen LogP contribution in [0.4, 0.5) is 0 Å². The van der Waals surface area contributed by atoms with Gasteiger partial charge >= 0.3 is 0 Å². The predicted molar refractivity (Wildman–Crippen MR) is 118 cm³/mol. The second kappa shape index (κ2) is 7.53. The Morgan fingerprint density at radius 2 is 1.58 bits per heavy atom. The summed E-state index contributed by atoms with van der Waals surface area (Å²) in [6, 6.07) is 10.7. The van der Waals surface area contributed by atoms with E-state index >= 15 is 0 Å². The molecule has 0 heterocycles. The van der Waals surface area contributed by atoms with Crippen molar-refractivity contribution in [3.63, 3.8) is 0 Å². The summed E-state index contributed by atoms with van der Waals surface area (Å²) < 4.78 is 0. The van der Waals surface area contributed by atoms with E-state index in [1.165, 1.54) is 16.4 Å². The molecule has 0 amide bonds. The van der Waals surface area contributed by atoms with Gasteiger partial charge in [0.05, 0.1) is 5.54 Å². The normalized spacial score (nSPS) is 13.2. The Balaban J connectivity index is 2.49. The van der Waals surface area contributed by atoms with Gasteiger partial charge in [0.2, 0.25) is 0 Å². The zero-order valence-corrected chi connectivity index (χ0v) is 18.4. The maximum absolute atomic E-state index is 10.6. The van der Waals surface area contributed by atoms with Crippen molar-refractivity contribution >= 4 is 25.4 Å². The quantitative estimate of drug-likeness (QED) is 0.589. The molecular weight excluding hydrogens is 337 g/mol. The van der Waals surface area contributed by atoms with E-state index < -0.39 is 0 Å². The van der Waals surface area contributed by atoms with E-state index in [1.54, 1.807) is 0 Å². The van der Waals surface area contributed by atoms with Crippen LogP contribution < -0.4 is 10.6 Å². The standard InChI is InChI=1S/C23H32NOP/c1-15-9-10-19(17(11-15)14-24-23(6,7)8)26-20-13-18(22(3,4)5)12-16(2)21(20)25/h9-14,25-26H,1-8H3. The summed E-state index contributed by atoms with van der Waals surface area (Å²) in [6.45, 7) is 17.0. The zero-order valence-electron chi connectivity index (χ0n) is 17.4. The number of phenols is 1. The molecule has 0 bridgehead atoms. The van der Waals surface area contributed by atoms with Crippen LogP contribution in [0.5, 0.6) is 5.75 Å². The van der Waals surface area contributed by atoms with Gasteiger partial charge in [-0.05, 0) is 68.6 Å². The Labute approximate surface area is 160 Å². The minimum atomic E-state index is -0.102. The molecular formula is C23H32NOP. The number of phenolic OH excluding ortho intramolecular Hbond substituents is 1. The van der Waals surface area contributed by atoms with Crippen molar-refractivity contribution in [1.29, 1.82) is 0 Å². The third kappa shape index (κ3) is 5.42. The number of hydrogen-bond donors (Lipinski definition) is 1. The van der Waals surface area contributed by atoms with Gasteiger partial charge in [-0.3, -0.25) is 4.99 Å². The third-order valence-corrected chi connectivity index (χ3v) is 5.61. The molecule has 0 radical (unpaired) electrons. The summed E-state index contributed by atoms with van der Waals surface area (Å²) in [6.07, 6.45) is 1.98. The number of rotatable bonds is 3. The first-order chi connectivity index (χ1) is 11.9. The summed E-state index contributed by atoms with van der Waals surface area (Å²) in [4.78, 5) is 4.68. The van der Waals surface area contributed by atoms with Gasteiger partial charge in [-0.2, -0.15) is 0 Å². The van der Waals surface area contributed by atoms with E-state index in [0.29, 0.717) is 14.3 Å².